The Kier molecular flexibility index (Phi) is 8.66. The van der Waals surface area contributed by atoms with Crippen LogP contribution in [-0.4, -0.2) is 55.3 Å². The van der Waals surface area contributed by atoms with E-state index in [2.05, 4.69) is 17.9 Å². The third-order valence-corrected chi connectivity index (χ3v) is 3.40. The fourth-order valence-corrected chi connectivity index (χ4v) is 2.13. The summed E-state index contributed by atoms with van der Waals surface area (Å²) in [5.74, 6) is 0.420. The molecule has 0 atom stereocenters. The molecular weight excluding hydrogens is 264 g/mol. The molecule has 110 valence electrons. The summed E-state index contributed by atoms with van der Waals surface area (Å²) in [7, 11) is 0. The normalized spacial score (nSPS) is 15.9. The summed E-state index contributed by atoms with van der Waals surface area (Å²) >= 11 is 3.88. The first kappa shape index (κ1) is 16.3. The molecule has 1 rings (SSSR count). The molecule has 19 heavy (non-hydrogen) atoms. The minimum atomic E-state index is -0.0380. The Bertz CT molecular complexity index is 279. The fourth-order valence-electron chi connectivity index (χ4n) is 2.02. The van der Waals surface area contributed by atoms with E-state index in [0.29, 0.717) is 19.6 Å². The molecule has 0 aromatic rings. The quantitative estimate of drug-likeness (QED) is 0.539. The van der Waals surface area contributed by atoms with Crippen molar-refractivity contribution in [2.24, 2.45) is 0 Å². The second kappa shape index (κ2) is 10.1. The molecule has 0 saturated carbocycles. The van der Waals surface area contributed by atoms with Gasteiger partial charge in [0.25, 0.3) is 0 Å². The molecular formula is C13H24N2O3S. The van der Waals surface area contributed by atoms with Crippen LogP contribution < -0.4 is 5.32 Å². The molecule has 0 aliphatic carbocycles. The van der Waals surface area contributed by atoms with Gasteiger partial charge >= 0.3 is 0 Å². The van der Waals surface area contributed by atoms with Crippen LogP contribution in [0, 0.1) is 0 Å². The fraction of sp³-hybridized carbons (Fsp3) is 0.846. The second-order valence-corrected chi connectivity index (χ2v) is 4.98. The average Bonchev–Trinajstić information content (AvgIpc) is 2.71. The number of hydrogen-bond acceptors (Lipinski definition) is 4. The number of thiol groups is 1. The van der Waals surface area contributed by atoms with Crippen LogP contribution in [0.15, 0.2) is 0 Å². The van der Waals surface area contributed by atoms with Crippen LogP contribution in [0.3, 0.4) is 0 Å². The first-order valence-electron chi connectivity index (χ1n) is 6.97. The zero-order valence-electron chi connectivity index (χ0n) is 11.4. The SMILES string of the molecule is O=C(CS)NCCCCCC(=O)N1CCCOCC1. The Labute approximate surface area is 120 Å². The van der Waals surface area contributed by atoms with E-state index in [4.69, 9.17) is 4.74 Å². The molecule has 2 amide bonds. The lowest BCUT2D eigenvalue weighted by molar-refractivity contribution is -0.131. The molecule has 1 aliphatic rings. The molecule has 5 nitrogen and oxygen atoms in total. The largest absolute Gasteiger partial charge is 0.380 e. The number of nitrogens with zero attached hydrogens (tertiary/aromatic N) is 1. The van der Waals surface area contributed by atoms with Crippen molar-refractivity contribution < 1.29 is 14.3 Å². The third-order valence-electron chi connectivity index (χ3n) is 3.11. The van der Waals surface area contributed by atoms with Gasteiger partial charge in [0, 0.05) is 32.7 Å². The van der Waals surface area contributed by atoms with E-state index in [1.165, 1.54) is 0 Å². The van der Waals surface area contributed by atoms with Gasteiger partial charge in [-0.2, -0.15) is 12.6 Å². The maximum atomic E-state index is 11.9. The van der Waals surface area contributed by atoms with Crippen LogP contribution in [0.5, 0.6) is 0 Å². The summed E-state index contributed by atoms with van der Waals surface area (Å²) in [5.41, 5.74) is 0. The van der Waals surface area contributed by atoms with Crippen LogP contribution >= 0.6 is 12.6 Å². The highest BCUT2D eigenvalue weighted by Crippen LogP contribution is 2.06. The Balaban J connectivity index is 2.01. The van der Waals surface area contributed by atoms with Crippen LogP contribution in [0.25, 0.3) is 0 Å². The highest BCUT2D eigenvalue weighted by atomic mass is 32.1. The topological polar surface area (TPSA) is 58.6 Å². The number of nitrogens with one attached hydrogen (secondary N) is 1. The van der Waals surface area contributed by atoms with Gasteiger partial charge in [-0.3, -0.25) is 9.59 Å². The van der Waals surface area contributed by atoms with Crippen LogP contribution in [0.2, 0.25) is 0 Å². The van der Waals surface area contributed by atoms with Gasteiger partial charge in [0.15, 0.2) is 0 Å². The number of amides is 2. The lowest BCUT2D eigenvalue weighted by Gasteiger charge is -2.19. The molecule has 0 aromatic heterocycles. The van der Waals surface area contributed by atoms with Crippen molar-refractivity contribution in [1.29, 1.82) is 0 Å². The maximum Gasteiger partial charge on any atom is 0.229 e. The first-order chi connectivity index (χ1) is 9.24. The van der Waals surface area contributed by atoms with Crippen molar-refractivity contribution in [3.63, 3.8) is 0 Å². The van der Waals surface area contributed by atoms with E-state index in [-0.39, 0.29) is 17.6 Å². The van der Waals surface area contributed by atoms with Crippen LogP contribution in [0.1, 0.15) is 32.1 Å². The van der Waals surface area contributed by atoms with E-state index in [1.54, 1.807) is 0 Å². The summed E-state index contributed by atoms with van der Waals surface area (Å²) < 4.78 is 5.33. The van der Waals surface area contributed by atoms with Gasteiger partial charge in [0.05, 0.1) is 12.4 Å². The van der Waals surface area contributed by atoms with E-state index in [1.807, 2.05) is 4.90 Å². The molecule has 0 aromatic carbocycles. The summed E-state index contributed by atoms with van der Waals surface area (Å²) in [6.45, 7) is 3.62. The number of ether oxygens (including phenoxy) is 1. The minimum Gasteiger partial charge on any atom is -0.380 e. The first-order valence-corrected chi connectivity index (χ1v) is 7.60. The van der Waals surface area contributed by atoms with E-state index in [9.17, 15) is 9.59 Å². The van der Waals surface area contributed by atoms with Gasteiger partial charge in [-0.25, -0.2) is 0 Å². The number of carbonyl (C=O) groups is 2. The Morgan fingerprint density at radius 3 is 2.79 bits per heavy atom. The summed E-state index contributed by atoms with van der Waals surface area (Å²) in [6.07, 6.45) is 4.29. The highest BCUT2D eigenvalue weighted by Gasteiger charge is 2.14. The number of rotatable bonds is 7. The van der Waals surface area contributed by atoms with Gasteiger partial charge < -0.3 is 15.0 Å². The van der Waals surface area contributed by atoms with E-state index < -0.39 is 0 Å². The standard InChI is InChI=1S/C13H24N2O3S/c16-12(11-19)14-6-3-1-2-5-13(17)15-7-4-9-18-10-8-15/h19H,1-11H2,(H,14,16). The lowest BCUT2D eigenvalue weighted by atomic mass is 10.1. The van der Waals surface area contributed by atoms with Crippen molar-refractivity contribution in [3.05, 3.63) is 0 Å². The minimum absolute atomic E-state index is 0.0380. The zero-order valence-corrected chi connectivity index (χ0v) is 12.3. The van der Waals surface area contributed by atoms with Crippen molar-refractivity contribution in [3.8, 4) is 0 Å². The summed E-state index contributed by atoms with van der Waals surface area (Å²) in [4.78, 5) is 24.8. The predicted molar refractivity (Wildman–Crippen MR) is 77.3 cm³/mol. The Hall–Kier alpha value is -0.750. The van der Waals surface area contributed by atoms with E-state index in [0.717, 1.165) is 45.4 Å². The Morgan fingerprint density at radius 2 is 2.00 bits per heavy atom. The molecule has 1 aliphatic heterocycles. The number of carbonyl (C=O) groups excluding carboxylic acids is 2. The van der Waals surface area contributed by atoms with Crippen LogP contribution in [0.4, 0.5) is 0 Å². The smallest absolute Gasteiger partial charge is 0.229 e. The van der Waals surface area contributed by atoms with Gasteiger partial charge in [-0.1, -0.05) is 6.42 Å². The van der Waals surface area contributed by atoms with Crippen molar-refractivity contribution in [2.75, 3.05) is 38.6 Å². The third kappa shape index (κ3) is 7.42. The van der Waals surface area contributed by atoms with Gasteiger partial charge in [0.1, 0.15) is 0 Å². The molecule has 0 bridgehead atoms. The molecule has 1 N–H and O–H groups in total. The summed E-state index contributed by atoms with van der Waals surface area (Å²) in [5, 5.41) is 2.76. The Morgan fingerprint density at radius 1 is 1.16 bits per heavy atom. The molecule has 0 unspecified atom stereocenters. The number of hydrogen-bond donors (Lipinski definition) is 2. The predicted octanol–water partition coefficient (Wildman–Crippen LogP) is 0.842. The second-order valence-electron chi connectivity index (χ2n) is 4.67. The van der Waals surface area contributed by atoms with Crippen molar-refractivity contribution in [2.45, 2.75) is 32.1 Å². The lowest BCUT2D eigenvalue weighted by Crippen LogP contribution is -2.33. The molecule has 1 saturated heterocycles. The van der Waals surface area contributed by atoms with Gasteiger partial charge in [-0.05, 0) is 19.3 Å². The zero-order chi connectivity index (χ0) is 13.9. The molecule has 6 heteroatoms. The molecule has 0 spiro atoms. The van der Waals surface area contributed by atoms with Gasteiger partial charge in [-0.15, -0.1) is 0 Å². The number of unbranched alkanes of at least 4 members (excludes halogenated alkanes) is 2. The monoisotopic (exact) mass is 288 g/mol. The molecule has 1 heterocycles. The highest BCUT2D eigenvalue weighted by molar-refractivity contribution is 7.81. The molecule has 0 radical (unpaired) electrons. The average molecular weight is 288 g/mol. The van der Waals surface area contributed by atoms with Crippen LogP contribution in [-0.2, 0) is 14.3 Å². The van der Waals surface area contributed by atoms with E-state index >= 15 is 0 Å². The maximum absolute atomic E-state index is 11.9. The van der Waals surface area contributed by atoms with Crippen molar-refractivity contribution >= 4 is 24.4 Å². The van der Waals surface area contributed by atoms with Gasteiger partial charge in [0.2, 0.25) is 11.8 Å². The molecule has 1 fully saturated rings. The summed E-state index contributed by atoms with van der Waals surface area (Å²) in [6, 6.07) is 0. The van der Waals surface area contributed by atoms with Crippen molar-refractivity contribution in [1.82, 2.24) is 10.2 Å².